The fraction of sp³-hybridized carbons (Fsp3) is 0.0714. The lowest BCUT2D eigenvalue weighted by Crippen LogP contribution is -1.88. The Morgan fingerprint density at radius 2 is 1.84 bits per heavy atom. The van der Waals surface area contributed by atoms with Crippen LogP contribution in [0.1, 0.15) is 5.69 Å². The molecule has 1 N–H and O–H groups in total. The van der Waals surface area contributed by atoms with Crippen molar-refractivity contribution in [3.8, 4) is 22.9 Å². The molecule has 0 aliphatic rings. The minimum Gasteiger partial charge on any atom is -0.257 e. The van der Waals surface area contributed by atoms with Crippen molar-refractivity contribution in [2.45, 2.75) is 6.92 Å². The summed E-state index contributed by atoms with van der Waals surface area (Å²) >= 11 is 3.50. The number of hydrogen-bond acceptors (Lipinski definition) is 3. The van der Waals surface area contributed by atoms with Crippen LogP contribution in [0.3, 0.4) is 0 Å². The van der Waals surface area contributed by atoms with Crippen LogP contribution >= 0.6 is 15.9 Å². The van der Waals surface area contributed by atoms with Crippen molar-refractivity contribution in [1.29, 1.82) is 0 Å². The van der Waals surface area contributed by atoms with Gasteiger partial charge >= 0.3 is 0 Å². The molecule has 2 aromatic heterocycles. The van der Waals surface area contributed by atoms with Crippen molar-refractivity contribution in [3.63, 3.8) is 0 Å². The van der Waals surface area contributed by atoms with E-state index in [4.69, 9.17) is 0 Å². The Labute approximate surface area is 119 Å². The average Bonchev–Trinajstić information content (AvgIpc) is 2.89. The van der Waals surface area contributed by atoms with Gasteiger partial charge in [-0.25, -0.2) is 9.97 Å². The van der Waals surface area contributed by atoms with Gasteiger partial charge in [0.1, 0.15) is 5.69 Å². The Morgan fingerprint density at radius 3 is 2.63 bits per heavy atom. The zero-order valence-electron chi connectivity index (χ0n) is 10.3. The molecule has 94 valence electrons. The van der Waals surface area contributed by atoms with Crippen LogP contribution in [0.4, 0.5) is 0 Å². The number of H-pyrrole nitrogens is 1. The summed E-state index contributed by atoms with van der Waals surface area (Å²) in [5.74, 6) is 1.33. The van der Waals surface area contributed by atoms with Crippen molar-refractivity contribution < 1.29 is 0 Å². The highest BCUT2D eigenvalue weighted by atomic mass is 79.9. The van der Waals surface area contributed by atoms with Crippen LogP contribution < -0.4 is 0 Å². The Balaban J connectivity index is 2.03. The third-order valence-corrected chi connectivity index (χ3v) is 3.42. The monoisotopic (exact) mass is 314 g/mol. The Morgan fingerprint density at radius 1 is 1.00 bits per heavy atom. The van der Waals surface area contributed by atoms with E-state index in [2.05, 4.69) is 36.1 Å². The molecule has 3 aromatic rings. The minimum atomic E-state index is 0.658. The summed E-state index contributed by atoms with van der Waals surface area (Å²) in [5.41, 5.74) is 2.71. The molecule has 5 heteroatoms. The van der Waals surface area contributed by atoms with Crippen LogP contribution in [-0.2, 0) is 0 Å². The van der Waals surface area contributed by atoms with E-state index in [1.807, 2.05) is 49.4 Å². The quantitative estimate of drug-likeness (QED) is 0.786. The molecule has 0 unspecified atom stereocenters. The summed E-state index contributed by atoms with van der Waals surface area (Å²) in [6.45, 7) is 1.95. The van der Waals surface area contributed by atoms with Crippen molar-refractivity contribution >= 4 is 15.9 Å². The summed E-state index contributed by atoms with van der Waals surface area (Å²) in [5, 5.41) is 7.18. The van der Waals surface area contributed by atoms with Crippen LogP contribution in [0.5, 0.6) is 0 Å². The van der Waals surface area contributed by atoms with E-state index in [1.165, 1.54) is 0 Å². The van der Waals surface area contributed by atoms with Crippen LogP contribution in [0.2, 0.25) is 0 Å². The van der Waals surface area contributed by atoms with Crippen LogP contribution in [-0.4, -0.2) is 20.2 Å². The number of nitrogens with one attached hydrogen (secondary N) is 1. The van der Waals surface area contributed by atoms with Crippen LogP contribution in [0.25, 0.3) is 22.9 Å². The molecular formula is C14H11BrN4. The molecule has 0 atom stereocenters. The number of hydrogen-bond donors (Lipinski definition) is 1. The van der Waals surface area contributed by atoms with E-state index in [0.717, 1.165) is 21.4 Å². The third-order valence-electron chi connectivity index (χ3n) is 2.73. The number of halogens is 1. The molecule has 4 nitrogen and oxygen atoms in total. The second-order valence-corrected chi connectivity index (χ2v) is 5.01. The zero-order chi connectivity index (χ0) is 13.2. The second kappa shape index (κ2) is 4.93. The van der Waals surface area contributed by atoms with Gasteiger partial charge in [0.2, 0.25) is 0 Å². The van der Waals surface area contributed by atoms with E-state index in [0.29, 0.717) is 11.6 Å². The Bertz CT molecular complexity index is 721. The van der Waals surface area contributed by atoms with Gasteiger partial charge in [-0.1, -0.05) is 34.1 Å². The highest BCUT2D eigenvalue weighted by molar-refractivity contribution is 9.10. The van der Waals surface area contributed by atoms with E-state index in [9.17, 15) is 0 Å². The van der Waals surface area contributed by atoms with Crippen LogP contribution in [0, 0.1) is 6.92 Å². The van der Waals surface area contributed by atoms with E-state index < -0.39 is 0 Å². The lowest BCUT2D eigenvalue weighted by atomic mass is 10.2. The summed E-state index contributed by atoms with van der Waals surface area (Å²) in [6, 6.07) is 13.7. The Kier molecular flexibility index (Phi) is 3.13. The third kappa shape index (κ3) is 2.42. The fourth-order valence-electron chi connectivity index (χ4n) is 1.81. The molecule has 0 aliphatic carbocycles. The van der Waals surface area contributed by atoms with Gasteiger partial charge in [-0.15, -0.1) is 0 Å². The molecular weight excluding hydrogens is 304 g/mol. The number of aryl methyl sites for hydroxylation is 1. The van der Waals surface area contributed by atoms with Crippen molar-refractivity contribution in [2.75, 3.05) is 0 Å². The predicted molar refractivity (Wildman–Crippen MR) is 77.5 cm³/mol. The molecule has 1 aromatic carbocycles. The van der Waals surface area contributed by atoms with E-state index in [-0.39, 0.29) is 0 Å². The number of nitrogens with zero attached hydrogens (tertiary/aromatic N) is 3. The molecule has 0 bridgehead atoms. The van der Waals surface area contributed by atoms with Crippen molar-refractivity contribution in [1.82, 2.24) is 20.2 Å². The highest BCUT2D eigenvalue weighted by Crippen LogP contribution is 2.26. The summed E-state index contributed by atoms with van der Waals surface area (Å²) in [6.07, 6.45) is 0. The van der Waals surface area contributed by atoms with Gasteiger partial charge in [-0.2, -0.15) is 5.10 Å². The van der Waals surface area contributed by atoms with E-state index >= 15 is 0 Å². The number of aromatic amines is 1. The summed E-state index contributed by atoms with van der Waals surface area (Å²) in [7, 11) is 0. The number of aromatic nitrogens is 4. The first-order chi connectivity index (χ1) is 9.24. The first kappa shape index (κ1) is 12.0. The lowest BCUT2D eigenvalue weighted by molar-refractivity contribution is 1.08. The molecule has 0 fully saturated rings. The molecule has 0 aliphatic heterocycles. The molecule has 0 radical (unpaired) electrons. The summed E-state index contributed by atoms with van der Waals surface area (Å²) < 4.78 is 0.970. The topological polar surface area (TPSA) is 54.5 Å². The van der Waals surface area contributed by atoms with Gasteiger partial charge < -0.3 is 0 Å². The van der Waals surface area contributed by atoms with Gasteiger partial charge in [-0.05, 0) is 31.2 Å². The maximum absolute atomic E-state index is 4.49. The second-order valence-electron chi connectivity index (χ2n) is 4.15. The maximum atomic E-state index is 4.49. The standard InChI is InChI=1S/C14H11BrN4/c1-9-5-4-8-12(16-9)14-17-13(18-19-14)10-6-2-3-7-11(10)15/h2-8H,1H3,(H,17,18,19). The molecule has 0 spiro atoms. The predicted octanol–water partition coefficient (Wildman–Crippen LogP) is 3.60. The number of rotatable bonds is 2. The van der Waals surface area contributed by atoms with Gasteiger partial charge in [0, 0.05) is 15.7 Å². The number of pyridine rings is 1. The van der Waals surface area contributed by atoms with Gasteiger partial charge in [0.15, 0.2) is 11.6 Å². The largest absolute Gasteiger partial charge is 0.257 e. The molecule has 0 saturated heterocycles. The molecule has 0 amide bonds. The van der Waals surface area contributed by atoms with E-state index in [1.54, 1.807) is 0 Å². The molecule has 0 saturated carbocycles. The minimum absolute atomic E-state index is 0.658. The zero-order valence-corrected chi connectivity index (χ0v) is 11.8. The Hall–Kier alpha value is -2.01. The summed E-state index contributed by atoms with van der Waals surface area (Å²) in [4.78, 5) is 8.92. The fourth-order valence-corrected chi connectivity index (χ4v) is 2.28. The smallest absolute Gasteiger partial charge is 0.182 e. The van der Waals surface area contributed by atoms with Gasteiger partial charge in [0.25, 0.3) is 0 Å². The normalized spacial score (nSPS) is 10.6. The first-order valence-electron chi connectivity index (χ1n) is 5.85. The first-order valence-corrected chi connectivity index (χ1v) is 6.64. The maximum Gasteiger partial charge on any atom is 0.182 e. The molecule has 2 heterocycles. The molecule has 3 rings (SSSR count). The van der Waals surface area contributed by atoms with Crippen molar-refractivity contribution in [3.05, 3.63) is 52.6 Å². The van der Waals surface area contributed by atoms with Crippen LogP contribution in [0.15, 0.2) is 46.9 Å². The number of benzene rings is 1. The van der Waals surface area contributed by atoms with Crippen molar-refractivity contribution in [2.24, 2.45) is 0 Å². The SMILES string of the molecule is Cc1cccc(-c2nc(-c3ccccc3Br)n[nH]2)n1. The van der Waals surface area contributed by atoms with Gasteiger partial charge in [0.05, 0.1) is 0 Å². The lowest BCUT2D eigenvalue weighted by Gasteiger charge is -1.98. The highest BCUT2D eigenvalue weighted by Gasteiger charge is 2.10. The van der Waals surface area contributed by atoms with Gasteiger partial charge in [-0.3, -0.25) is 5.10 Å². The molecule has 19 heavy (non-hydrogen) atoms. The average molecular weight is 315 g/mol.